The molecule has 0 aliphatic rings. The molecular weight excluding hydrogens is 361 g/mol. The number of allylic oxidation sites excluding steroid dienone is 1. The molecule has 0 N–H and O–H groups in total. The van der Waals surface area contributed by atoms with E-state index in [1.807, 2.05) is 6.92 Å². The Kier molecular flexibility index (Phi) is 5.78. The fourth-order valence-electron chi connectivity index (χ4n) is 2.05. The first-order chi connectivity index (χ1) is 11.1. The molecular formula is C18H15BrFNO2. The smallest absolute Gasteiger partial charge is 0.161 e. The lowest BCUT2D eigenvalue weighted by Gasteiger charge is -2.12. The van der Waals surface area contributed by atoms with Gasteiger partial charge in [-0.2, -0.15) is 5.26 Å². The third kappa shape index (κ3) is 4.11. The van der Waals surface area contributed by atoms with Crippen molar-refractivity contribution in [2.24, 2.45) is 0 Å². The van der Waals surface area contributed by atoms with Crippen molar-refractivity contribution in [1.29, 1.82) is 5.26 Å². The van der Waals surface area contributed by atoms with Gasteiger partial charge >= 0.3 is 0 Å². The van der Waals surface area contributed by atoms with Crippen LogP contribution in [0.3, 0.4) is 0 Å². The van der Waals surface area contributed by atoms with Gasteiger partial charge in [0.05, 0.1) is 25.4 Å². The predicted octanol–water partition coefficient (Wildman–Crippen LogP) is 5.06. The molecule has 5 heteroatoms. The van der Waals surface area contributed by atoms with Gasteiger partial charge in [-0.25, -0.2) is 4.39 Å². The molecule has 0 unspecified atom stereocenters. The Morgan fingerprint density at radius 2 is 1.96 bits per heavy atom. The quantitative estimate of drug-likeness (QED) is 0.541. The number of methoxy groups -OCH3 is 1. The molecule has 0 fully saturated rings. The van der Waals surface area contributed by atoms with E-state index in [1.165, 1.54) is 12.1 Å². The van der Waals surface area contributed by atoms with E-state index in [1.54, 1.807) is 37.5 Å². The summed E-state index contributed by atoms with van der Waals surface area (Å²) in [7, 11) is 1.57. The van der Waals surface area contributed by atoms with Crippen LogP contribution in [0.4, 0.5) is 4.39 Å². The van der Waals surface area contributed by atoms with Gasteiger partial charge in [0.2, 0.25) is 0 Å². The Morgan fingerprint density at radius 3 is 2.52 bits per heavy atom. The van der Waals surface area contributed by atoms with Crippen molar-refractivity contribution in [3.63, 3.8) is 0 Å². The molecule has 0 atom stereocenters. The molecule has 0 aromatic heterocycles. The first-order valence-electron chi connectivity index (χ1n) is 6.97. The molecule has 0 spiro atoms. The molecule has 0 bridgehead atoms. The third-order valence-corrected chi connectivity index (χ3v) is 3.85. The van der Waals surface area contributed by atoms with E-state index in [-0.39, 0.29) is 5.82 Å². The zero-order chi connectivity index (χ0) is 16.8. The van der Waals surface area contributed by atoms with Gasteiger partial charge in [0.1, 0.15) is 5.82 Å². The summed E-state index contributed by atoms with van der Waals surface area (Å²) in [6, 6.07) is 11.5. The van der Waals surface area contributed by atoms with E-state index in [0.717, 1.165) is 10.0 Å². The molecule has 0 amide bonds. The molecule has 2 aromatic rings. The maximum atomic E-state index is 13.0. The standard InChI is InChI=1S/C18H15BrFNO2/c1-3-23-18-9-13(16(19)10-17(18)22-2)8-14(11-21)12-4-6-15(20)7-5-12/h4-10H,3H2,1-2H3. The molecule has 23 heavy (non-hydrogen) atoms. The number of benzene rings is 2. The lowest BCUT2D eigenvalue weighted by atomic mass is 10.0. The van der Waals surface area contributed by atoms with E-state index in [9.17, 15) is 9.65 Å². The highest BCUT2D eigenvalue weighted by Crippen LogP contribution is 2.35. The molecule has 0 aliphatic heterocycles. The Labute approximate surface area is 143 Å². The second kappa shape index (κ2) is 7.80. The highest BCUT2D eigenvalue weighted by atomic mass is 79.9. The molecule has 118 valence electrons. The number of halogens is 2. The lowest BCUT2D eigenvalue weighted by Crippen LogP contribution is -1.96. The van der Waals surface area contributed by atoms with Crippen LogP contribution in [0, 0.1) is 17.1 Å². The van der Waals surface area contributed by atoms with Crippen molar-refractivity contribution in [3.05, 3.63) is 57.8 Å². The van der Waals surface area contributed by atoms with Gasteiger partial charge in [-0.1, -0.05) is 28.1 Å². The lowest BCUT2D eigenvalue weighted by molar-refractivity contribution is 0.310. The minimum Gasteiger partial charge on any atom is -0.493 e. The second-order valence-corrected chi connectivity index (χ2v) is 5.49. The van der Waals surface area contributed by atoms with Crippen LogP contribution in [0.1, 0.15) is 18.1 Å². The first-order valence-corrected chi connectivity index (χ1v) is 7.76. The summed E-state index contributed by atoms with van der Waals surface area (Å²) in [5, 5.41) is 9.39. The number of nitriles is 1. The summed E-state index contributed by atoms with van der Waals surface area (Å²) in [6.07, 6.45) is 1.72. The fraction of sp³-hybridized carbons (Fsp3) is 0.167. The molecule has 2 aromatic carbocycles. The van der Waals surface area contributed by atoms with E-state index < -0.39 is 0 Å². The number of hydrogen-bond acceptors (Lipinski definition) is 3. The number of ether oxygens (including phenoxy) is 2. The number of rotatable bonds is 5. The van der Waals surface area contributed by atoms with Crippen LogP contribution in [-0.2, 0) is 0 Å². The summed E-state index contributed by atoms with van der Waals surface area (Å²) in [6.45, 7) is 2.39. The van der Waals surface area contributed by atoms with Crippen LogP contribution in [0.15, 0.2) is 40.9 Å². The van der Waals surface area contributed by atoms with Gasteiger partial charge in [-0.05, 0) is 48.4 Å². The van der Waals surface area contributed by atoms with Gasteiger partial charge < -0.3 is 9.47 Å². The average Bonchev–Trinajstić information content (AvgIpc) is 2.56. The zero-order valence-electron chi connectivity index (χ0n) is 12.8. The molecule has 2 rings (SSSR count). The normalized spacial score (nSPS) is 11.0. The van der Waals surface area contributed by atoms with E-state index >= 15 is 0 Å². The van der Waals surface area contributed by atoms with Crippen LogP contribution in [0.5, 0.6) is 11.5 Å². The highest BCUT2D eigenvalue weighted by molar-refractivity contribution is 9.10. The molecule has 0 saturated heterocycles. The minimum absolute atomic E-state index is 0.338. The summed E-state index contributed by atoms with van der Waals surface area (Å²) in [4.78, 5) is 0. The van der Waals surface area contributed by atoms with Crippen LogP contribution in [0.25, 0.3) is 11.6 Å². The fourth-order valence-corrected chi connectivity index (χ4v) is 2.49. The van der Waals surface area contributed by atoms with Crippen LogP contribution in [0.2, 0.25) is 0 Å². The largest absolute Gasteiger partial charge is 0.493 e. The summed E-state index contributed by atoms with van der Waals surface area (Å²) in [5.74, 6) is 0.868. The number of hydrogen-bond donors (Lipinski definition) is 0. The molecule has 0 saturated carbocycles. The summed E-state index contributed by atoms with van der Waals surface area (Å²) in [5.41, 5.74) is 1.85. The first kappa shape index (κ1) is 17.0. The second-order valence-electron chi connectivity index (χ2n) is 4.63. The third-order valence-electron chi connectivity index (χ3n) is 3.16. The molecule has 0 aliphatic carbocycles. The van der Waals surface area contributed by atoms with Crippen LogP contribution < -0.4 is 9.47 Å². The van der Waals surface area contributed by atoms with Crippen LogP contribution in [-0.4, -0.2) is 13.7 Å². The molecule has 0 heterocycles. The maximum Gasteiger partial charge on any atom is 0.161 e. The van der Waals surface area contributed by atoms with Crippen LogP contribution >= 0.6 is 15.9 Å². The topological polar surface area (TPSA) is 42.2 Å². The predicted molar refractivity (Wildman–Crippen MR) is 91.7 cm³/mol. The molecule has 0 radical (unpaired) electrons. The SMILES string of the molecule is CCOc1cc(C=C(C#N)c2ccc(F)cc2)c(Br)cc1OC. The molecule has 3 nitrogen and oxygen atoms in total. The maximum absolute atomic E-state index is 13.0. The van der Waals surface area contributed by atoms with Gasteiger partial charge in [0.15, 0.2) is 11.5 Å². The highest BCUT2D eigenvalue weighted by Gasteiger charge is 2.10. The Bertz CT molecular complexity index is 764. The van der Waals surface area contributed by atoms with Gasteiger partial charge in [0, 0.05) is 4.47 Å². The van der Waals surface area contributed by atoms with E-state index in [2.05, 4.69) is 22.0 Å². The monoisotopic (exact) mass is 375 g/mol. The van der Waals surface area contributed by atoms with E-state index in [4.69, 9.17) is 9.47 Å². The summed E-state index contributed by atoms with van der Waals surface area (Å²) < 4.78 is 24.6. The van der Waals surface area contributed by atoms with Crippen molar-refractivity contribution < 1.29 is 13.9 Å². The Morgan fingerprint density at radius 1 is 1.26 bits per heavy atom. The summed E-state index contributed by atoms with van der Waals surface area (Å²) >= 11 is 3.47. The Balaban J connectivity index is 2.49. The van der Waals surface area contributed by atoms with Crippen molar-refractivity contribution in [2.75, 3.05) is 13.7 Å². The van der Waals surface area contributed by atoms with Crippen molar-refractivity contribution in [1.82, 2.24) is 0 Å². The average molecular weight is 376 g/mol. The van der Waals surface area contributed by atoms with Gasteiger partial charge in [-0.3, -0.25) is 0 Å². The van der Waals surface area contributed by atoms with Crippen molar-refractivity contribution >= 4 is 27.6 Å². The van der Waals surface area contributed by atoms with Gasteiger partial charge in [-0.15, -0.1) is 0 Å². The number of nitrogens with zero attached hydrogens (tertiary/aromatic N) is 1. The van der Waals surface area contributed by atoms with E-state index in [0.29, 0.717) is 29.2 Å². The van der Waals surface area contributed by atoms with Crippen molar-refractivity contribution in [3.8, 4) is 17.6 Å². The van der Waals surface area contributed by atoms with Gasteiger partial charge in [0.25, 0.3) is 0 Å². The minimum atomic E-state index is -0.338. The zero-order valence-corrected chi connectivity index (χ0v) is 14.4. The Hall–Kier alpha value is -2.32. The van der Waals surface area contributed by atoms with Crippen molar-refractivity contribution in [2.45, 2.75) is 6.92 Å².